The Morgan fingerprint density at radius 2 is 1.86 bits per heavy atom. The number of hydrogen-bond acceptors (Lipinski definition) is 3. The minimum Gasteiger partial charge on any atom is -0.489 e. The van der Waals surface area contributed by atoms with Crippen molar-refractivity contribution >= 4 is 29.2 Å². The van der Waals surface area contributed by atoms with Crippen LogP contribution in [-0.2, 0) is 4.79 Å². The van der Waals surface area contributed by atoms with Crippen molar-refractivity contribution in [3.05, 3.63) is 28.2 Å². The Hall–Kier alpha value is -1.18. The molecule has 1 unspecified atom stereocenters. The summed E-state index contributed by atoms with van der Waals surface area (Å²) in [4.78, 5) is 10.8. The fraction of sp³-hybridized carbons (Fsp3) is 0.417. The standard InChI is InChI=1S/C12H12Cl2F3NO3/c1-11(10(19)20,12(15,16)17)18-5-6-21-9-7(13)3-2-4-8(9)14/h2-4,18H,5-6H2,1H3,(H,19,20). The molecule has 0 aliphatic carbocycles. The lowest BCUT2D eigenvalue weighted by Crippen LogP contribution is -2.60. The molecular weight excluding hydrogens is 334 g/mol. The molecule has 0 fully saturated rings. The van der Waals surface area contributed by atoms with Gasteiger partial charge in [0.1, 0.15) is 6.61 Å². The smallest absolute Gasteiger partial charge is 0.417 e. The van der Waals surface area contributed by atoms with E-state index in [9.17, 15) is 18.0 Å². The molecule has 0 aromatic heterocycles. The van der Waals surface area contributed by atoms with E-state index in [0.29, 0.717) is 6.92 Å². The van der Waals surface area contributed by atoms with Crippen LogP contribution in [-0.4, -0.2) is 35.9 Å². The molecular formula is C12H12Cl2F3NO3. The molecule has 0 radical (unpaired) electrons. The number of alkyl halides is 3. The second-order valence-electron chi connectivity index (χ2n) is 4.25. The van der Waals surface area contributed by atoms with E-state index >= 15 is 0 Å². The summed E-state index contributed by atoms with van der Waals surface area (Å²) in [6, 6.07) is 4.60. The predicted molar refractivity (Wildman–Crippen MR) is 72.1 cm³/mol. The van der Waals surface area contributed by atoms with Crippen LogP contribution in [0.25, 0.3) is 0 Å². The monoisotopic (exact) mass is 345 g/mol. The maximum Gasteiger partial charge on any atom is 0.417 e. The first kappa shape index (κ1) is 17.9. The van der Waals surface area contributed by atoms with E-state index in [1.54, 1.807) is 6.07 Å². The van der Waals surface area contributed by atoms with Crippen molar-refractivity contribution in [2.75, 3.05) is 13.2 Å². The molecule has 0 saturated heterocycles. The third-order valence-electron chi connectivity index (χ3n) is 2.74. The quantitative estimate of drug-likeness (QED) is 0.776. The predicted octanol–water partition coefficient (Wildman–Crippen LogP) is 3.37. The Labute approximate surface area is 128 Å². The zero-order valence-electron chi connectivity index (χ0n) is 10.8. The van der Waals surface area contributed by atoms with Gasteiger partial charge in [0, 0.05) is 6.54 Å². The van der Waals surface area contributed by atoms with Gasteiger partial charge in [-0.25, -0.2) is 4.79 Å². The van der Waals surface area contributed by atoms with E-state index in [4.69, 9.17) is 33.0 Å². The van der Waals surface area contributed by atoms with Crippen molar-refractivity contribution in [3.63, 3.8) is 0 Å². The highest BCUT2D eigenvalue weighted by Gasteiger charge is 2.57. The minimum atomic E-state index is -4.94. The van der Waals surface area contributed by atoms with E-state index < -0.39 is 17.7 Å². The summed E-state index contributed by atoms with van der Waals surface area (Å²) in [6.07, 6.45) is -4.94. The molecule has 118 valence electrons. The first-order chi connectivity index (χ1) is 9.59. The first-order valence-electron chi connectivity index (χ1n) is 5.71. The van der Waals surface area contributed by atoms with Gasteiger partial charge in [-0.2, -0.15) is 13.2 Å². The lowest BCUT2D eigenvalue weighted by atomic mass is 10.0. The molecule has 0 aliphatic heterocycles. The van der Waals surface area contributed by atoms with Gasteiger partial charge in [0.05, 0.1) is 10.0 Å². The van der Waals surface area contributed by atoms with E-state index in [2.05, 4.69) is 0 Å². The summed E-state index contributed by atoms with van der Waals surface area (Å²) < 4.78 is 43.3. The highest BCUT2D eigenvalue weighted by Crippen LogP contribution is 2.32. The molecule has 1 atom stereocenters. The molecule has 1 aromatic rings. The summed E-state index contributed by atoms with van der Waals surface area (Å²) in [5.41, 5.74) is -3.05. The van der Waals surface area contributed by atoms with Gasteiger partial charge in [0.25, 0.3) is 0 Å². The number of para-hydroxylation sites is 1. The van der Waals surface area contributed by atoms with Gasteiger partial charge in [0.15, 0.2) is 5.75 Å². The lowest BCUT2D eigenvalue weighted by molar-refractivity contribution is -0.206. The maximum absolute atomic E-state index is 12.7. The van der Waals surface area contributed by atoms with Crippen LogP contribution in [0, 0.1) is 0 Å². The number of aliphatic carboxylic acids is 1. The summed E-state index contributed by atoms with van der Waals surface area (Å²) in [7, 11) is 0. The van der Waals surface area contributed by atoms with E-state index in [1.807, 2.05) is 5.32 Å². The molecule has 2 N–H and O–H groups in total. The van der Waals surface area contributed by atoms with Crippen molar-refractivity contribution in [2.45, 2.75) is 18.6 Å². The van der Waals surface area contributed by atoms with Crippen molar-refractivity contribution in [1.29, 1.82) is 0 Å². The fourth-order valence-electron chi connectivity index (χ4n) is 1.37. The largest absolute Gasteiger partial charge is 0.489 e. The van der Waals surface area contributed by atoms with Crippen LogP contribution < -0.4 is 10.1 Å². The van der Waals surface area contributed by atoms with Crippen molar-refractivity contribution < 1.29 is 27.8 Å². The van der Waals surface area contributed by atoms with Crippen LogP contribution >= 0.6 is 23.2 Å². The molecule has 0 spiro atoms. The van der Waals surface area contributed by atoms with Crippen LogP contribution in [0.15, 0.2) is 18.2 Å². The number of carboxylic acid groups (broad SMARTS) is 1. The van der Waals surface area contributed by atoms with Gasteiger partial charge in [-0.05, 0) is 19.1 Å². The molecule has 4 nitrogen and oxygen atoms in total. The topological polar surface area (TPSA) is 58.6 Å². The van der Waals surface area contributed by atoms with Crippen LogP contribution in [0.4, 0.5) is 13.2 Å². The Balaban J connectivity index is 2.63. The SMILES string of the molecule is CC(NCCOc1c(Cl)cccc1Cl)(C(=O)O)C(F)(F)F. The van der Waals surface area contributed by atoms with Crippen molar-refractivity contribution in [3.8, 4) is 5.75 Å². The number of carboxylic acids is 1. The van der Waals surface area contributed by atoms with Gasteiger partial charge in [-0.15, -0.1) is 0 Å². The van der Waals surface area contributed by atoms with E-state index in [-0.39, 0.29) is 28.9 Å². The summed E-state index contributed by atoms with van der Waals surface area (Å²) in [5.74, 6) is -1.89. The van der Waals surface area contributed by atoms with Crippen LogP contribution in [0.1, 0.15) is 6.92 Å². The molecule has 0 aliphatic rings. The molecule has 0 heterocycles. The molecule has 0 bridgehead atoms. The molecule has 1 rings (SSSR count). The zero-order valence-corrected chi connectivity index (χ0v) is 12.3. The third-order valence-corrected chi connectivity index (χ3v) is 3.34. The van der Waals surface area contributed by atoms with Gasteiger partial charge in [-0.3, -0.25) is 5.32 Å². The number of hydrogen-bond donors (Lipinski definition) is 2. The molecule has 1 aromatic carbocycles. The van der Waals surface area contributed by atoms with Crippen molar-refractivity contribution in [2.24, 2.45) is 0 Å². The number of halogens is 5. The summed E-state index contributed by atoms with van der Waals surface area (Å²) in [5, 5.41) is 11.0. The molecule has 0 saturated carbocycles. The van der Waals surface area contributed by atoms with Crippen LogP contribution in [0.3, 0.4) is 0 Å². The van der Waals surface area contributed by atoms with E-state index in [0.717, 1.165) is 0 Å². The first-order valence-corrected chi connectivity index (χ1v) is 6.47. The highest BCUT2D eigenvalue weighted by molar-refractivity contribution is 6.37. The molecule has 9 heteroatoms. The normalized spacial score (nSPS) is 14.6. The fourth-order valence-corrected chi connectivity index (χ4v) is 1.88. The highest BCUT2D eigenvalue weighted by atomic mass is 35.5. The van der Waals surface area contributed by atoms with Gasteiger partial charge >= 0.3 is 12.1 Å². The molecule has 21 heavy (non-hydrogen) atoms. The van der Waals surface area contributed by atoms with Gasteiger partial charge in [-0.1, -0.05) is 29.3 Å². The number of rotatable bonds is 6. The number of carbonyl (C=O) groups is 1. The lowest BCUT2D eigenvalue weighted by Gasteiger charge is -2.28. The van der Waals surface area contributed by atoms with Crippen molar-refractivity contribution in [1.82, 2.24) is 5.32 Å². The van der Waals surface area contributed by atoms with Gasteiger partial charge < -0.3 is 9.84 Å². The summed E-state index contributed by atoms with van der Waals surface area (Å²) >= 11 is 11.6. The Morgan fingerprint density at radius 1 is 1.33 bits per heavy atom. The van der Waals surface area contributed by atoms with Gasteiger partial charge in [0.2, 0.25) is 5.54 Å². The second kappa shape index (κ2) is 6.72. The Kier molecular flexibility index (Phi) is 5.72. The Morgan fingerprint density at radius 3 is 2.29 bits per heavy atom. The zero-order chi connectivity index (χ0) is 16.3. The summed E-state index contributed by atoms with van der Waals surface area (Å²) in [6.45, 7) is -0.0515. The minimum absolute atomic E-state index is 0.131. The van der Waals surface area contributed by atoms with E-state index in [1.165, 1.54) is 12.1 Å². The number of ether oxygens (including phenoxy) is 1. The number of nitrogens with one attached hydrogen (secondary N) is 1. The molecule has 0 amide bonds. The second-order valence-corrected chi connectivity index (χ2v) is 5.07. The third kappa shape index (κ3) is 4.15. The number of benzene rings is 1. The van der Waals surface area contributed by atoms with Crippen LogP contribution in [0.5, 0.6) is 5.75 Å². The van der Waals surface area contributed by atoms with Crippen LogP contribution in [0.2, 0.25) is 10.0 Å². The Bertz CT molecular complexity index is 505. The maximum atomic E-state index is 12.7. The average molecular weight is 346 g/mol. The average Bonchev–Trinajstić information content (AvgIpc) is 2.35.